The summed E-state index contributed by atoms with van der Waals surface area (Å²) in [4.78, 5) is 36.4. The van der Waals surface area contributed by atoms with Gasteiger partial charge in [-0.3, -0.25) is 19.8 Å². The Hall–Kier alpha value is -1.71. The summed E-state index contributed by atoms with van der Waals surface area (Å²) in [7, 11) is 2.79. The van der Waals surface area contributed by atoms with E-state index in [-0.39, 0.29) is 13.2 Å². The predicted octanol–water partition coefficient (Wildman–Crippen LogP) is -1.67. The van der Waals surface area contributed by atoms with Crippen LogP contribution in [0.3, 0.4) is 0 Å². The molecule has 1 saturated heterocycles. The molecule has 1 aliphatic rings. The number of carbonyl (C=O) groups excluding carboxylic acids is 3. The number of hydrogen-bond acceptors (Lipinski definition) is 7. The Morgan fingerprint density at radius 2 is 2.10 bits per heavy atom. The second-order valence-corrected chi connectivity index (χ2v) is 4.38. The van der Waals surface area contributed by atoms with Crippen LogP contribution in [-0.4, -0.2) is 82.5 Å². The third-order valence-corrected chi connectivity index (χ3v) is 2.90. The lowest BCUT2D eigenvalue weighted by molar-refractivity contribution is -0.153. The Morgan fingerprint density at radius 3 is 2.76 bits per heavy atom. The van der Waals surface area contributed by atoms with E-state index in [9.17, 15) is 14.4 Å². The van der Waals surface area contributed by atoms with Crippen LogP contribution in [0.25, 0.3) is 0 Å². The Bertz CT molecular complexity index is 376. The number of morpholine rings is 1. The minimum absolute atomic E-state index is 0.0825. The van der Waals surface area contributed by atoms with Gasteiger partial charge in [-0.2, -0.15) is 0 Å². The van der Waals surface area contributed by atoms with Crippen molar-refractivity contribution in [2.45, 2.75) is 6.04 Å². The predicted molar refractivity (Wildman–Crippen MR) is 71.6 cm³/mol. The van der Waals surface area contributed by atoms with Gasteiger partial charge in [-0.15, -0.1) is 0 Å². The molecule has 1 unspecified atom stereocenters. The van der Waals surface area contributed by atoms with Crippen molar-refractivity contribution in [3.8, 4) is 0 Å². The first-order valence-corrected chi connectivity index (χ1v) is 6.54. The summed E-state index contributed by atoms with van der Waals surface area (Å²) >= 11 is 0. The highest BCUT2D eigenvalue weighted by Gasteiger charge is 2.31. The van der Waals surface area contributed by atoms with Gasteiger partial charge in [-0.05, 0) is 0 Å². The molecular weight excluding hydrogens is 282 g/mol. The van der Waals surface area contributed by atoms with Crippen LogP contribution in [0.5, 0.6) is 0 Å². The number of carbonyl (C=O) groups is 3. The largest absolute Gasteiger partial charge is 0.468 e. The zero-order valence-electron chi connectivity index (χ0n) is 12.2. The smallest absolute Gasteiger partial charge is 0.325 e. The molecule has 0 saturated carbocycles. The van der Waals surface area contributed by atoms with Crippen LogP contribution < -0.4 is 10.6 Å². The zero-order chi connectivity index (χ0) is 15.7. The Kier molecular flexibility index (Phi) is 7.65. The van der Waals surface area contributed by atoms with E-state index < -0.39 is 23.9 Å². The van der Waals surface area contributed by atoms with E-state index in [1.807, 2.05) is 0 Å². The average Bonchev–Trinajstić information content (AvgIpc) is 2.47. The van der Waals surface area contributed by atoms with E-state index in [0.29, 0.717) is 26.3 Å². The Balaban J connectivity index is 2.40. The van der Waals surface area contributed by atoms with Crippen molar-refractivity contribution in [2.24, 2.45) is 0 Å². The third kappa shape index (κ3) is 6.06. The number of amides is 3. The molecule has 0 radical (unpaired) electrons. The van der Waals surface area contributed by atoms with Gasteiger partial charge in [0, 0.05) is 20.2 Å². The molecule has 0 aliphatic carbocycles. The summed E-state index contributed by atoms with van der Waals surface area (Å²) in [6.45, 7) is 1.58. The number of nitrogens with zero attached hydrogens (tertiary/aromatic N) is 1. The van der Waals surface area contributed by atoms with Crippen LogP contribution in [0, 0.1) is 0 Å². The standard InChI is InChI=1S/C12H21N3O6/c1-19-5-3-13-12(18)14-10(16)7-15-4-6-21-8-9(15)11(17)20-2/h9H,3-8H2,1-2H3,(H2,13,14,16,18). The maximum atomic E-state index is 11.8. The number of esters is 1. The molecule has 1 atom stereocenters. The van der Waals surface area contributed by atoms with Crippen molar-refractivity contribution in [3.63, 3.8) is 0 Å². The first kappa shape index (κ1) is 17.3. The monoisotopic (exact) mass is 303 g/mol. The normalized spacial score (nSPS) is 18.9. The molecule has 1 heterocycles. The molecule has 120 valence electrons. The van der Waals surface area contributed by atoms with Gasteiger partial charge in [-0.1, -0.05) is 0 Å². The van der Waals surface area contributed by atoms with Crippen LogP contribution in [0.2, 0.25) is 0 Å². The van der Waals surface area contributed by atoms with Crippen LogP contribution in [0.4, 0.5) is 4.79 Å². The molecule has 9 heteroatoms. The molecule has 1 rings (SSSR count). The lowest BCUT2D eigenvalue weighted by atomic mass is 10.2. The second-order valence-electron chi connectivity index (χ2n) is 4.38. The van der Waals surface area contributed by atoms with E-state index in [0.717, 1.165) is 0 Å². The van der Waals surface area contributed by atoms with E-state index >= 15 is 0 Å². The number of rotatable bonds is 6. The number of imide groups is 1. The van der Waals surface area contributed by atoms with Gasteiger partial charge in [0.15, 0.2) is 0 Å². The van der Waals surface area contributed by atoms with Gasteiger partial charge in [0.25, 0.3) is 0 Å². The number of ether oxygens (including phenoxy) is 3. The fraction of sp³-hybridized carbons (Fsp3) is 0.750. The van der Waals surface area contributed by atoms with Gasteiger partial charge in [0.2, 0.25) is 5.91 Å². The number of hydrogen-bond donors (Lipinski definition) is 2. The van der Waals surface area contributed by atoms with Crippen LogP contribution in [0.1, 0.15) is 0 Å². The summed E-state index contributed by atoms with van der Waals surface area (Å²) < 4.78 is 14.6. The van der Waals surface area contributed by atoms with Crippen molar-refractivity contribution in [2.75, 3.05) is 53.7 Å². The summed E-state index contributed by atoms with van der Waals surface area (Å²) in [6.07, 6.45) is 0. The van der Waals surface area contributed by atoms with Gasteiger partial charge >= 0.3 is 12.0 Å². The molecule has 0 aromatic rings. The molecule has 21 heavy (non-hydrogen) atoms. The van der Waals surface area contributed by atoms with Crippen molar-refractivity contribution >= 4 is 17.9 Å². The quantitative estimate of drug-likeness (QED) is 0.446. The fourth-order valence-corrected chi connectivity index (χ4v) is 1.84. The molecular formula is C12H21N3O6. The minimum Gasteiger partial charge on any atom is -0.468 e. The summed E-state index contributed by atoms with van der Waals surface area (Å²) in [5, 5.41) is 4.65. The van der Waals surface area contributed by atoms with E-state index in [1.54, 1.807) is 4.90 Å². The second kappa shape index (κ2) is 9.27. The molecule has 1 aliphatic heterocycles. The van der Waals surface area contributed by atoms with Gasteiger partial charge in [0.05, 0.1) is 33.5 Å². The van der Waals surface area contributed by atoms with Crippen molar-refractivity contribution < 1.29 is 28.6 Å². The number of methoxy groups -OCH3 is 2. The van der Waals surface area contributed by atoms with Crippen LogP contribution >= 0.6 is 0 Å². The first-order chi connectivity index (χ1) is 10.1. The highest BCUT2D eigenvalue weighted by molar-refractivity contribution is 5.95. The SMILES string of the molecule is COCCNC(=O)NC(=O)CN1CCOCC1C(=O)OC. The van der Waals surface area contributed by atoms with Crippen LogP contribution in [0.15, 0.2) is 0 Å². The molecule has 9 nitrogen and oxygen atoms in total. The highest BCUT2D eigenvalue weighted by Crippen LogP contribution is 2.07. The molecule has 3 amide bonds. The van der Waals surface area contributed by atoms with E-state index in [1.165, 1.54) is 14.2 Å². The highest BCUT2D eigenvalue weighted by atomic mass is 16.5. The first-order valence-electron chi connectivity index (χ1n) is 6.54. The van der Waals surface area contributed by atoms with Crippen LogP contribution in [-0.2, 0) is 23.8 Å². The fourth-order valence-electron chi connectivity index (χ4n) is 1.84. The topological polar surface area (TPSA) is 106 Å². The lowest BCUT2D eigenvalue weighted by Crippen LogP contribution is -2.54. The summed E-state index contributed by atoms with van der Waals surface area (Å²) in [6, 6.07) is -1.23. The Morgan fingerprint density at radius 1 is 1.33 bits per heavy atom. The van der Waals surface area contributed by atoms with Gasteiger partial charge in [0.1, 0.15) is 6.04 Å². The maximum Gasteiger partial charge on any atom is 0.325 e. The average molecular weight is 303 g/mol. The maximum absolute atomic E-state index is 11.8. The van der Waals surface area contributed by atoms with E-state index in [4.69, 9.17) is 9.47 Å². The van der Waals surface area contributed by atoms with E-state index in [2.05, 4.69) is 15.4 Å². The third-order valence-electron chi connectivity index (χ3n) is 2.90. The lowest BCUT2D eigenvalue weighted by Gasteiger charge is -2.32. The molecule has 0 aromatic carbocycles. The minimum atomic E-state index is -0.633. The summed E-state index contributed by atoms with van der Waals surface area (Å²) in [5.74, 6) is -0.965. The summed E-state index contributed by atoms with van der Waals surface area (Å²) in [5.41, 5.74) is 0. The molecule has 1 fully saturated rings. The molecule has 0 bridgehead atoms. The molecule has 0 spiro atoms. The van der Waals surface area contributed by atoms with Gasteiger partial charge in [-0.25, -0.2) is 4.79 Å². The van der Waals surface area contributed by atoms with Crippen molar-refractivity contribution in [1.29, 1.82) is 0 Å². The molecule has 0 aromatic heterocycles. The number of nitrogens with one attached hydrogen (secondary N) is 2. The van der Waals surface area contributed by atoms with Gasteiger partial charge < -0.3 is 19.5 Å². The van der Waals surface area contributed by atoms with Crippen molar-refractivity contribution in [3.05, 3.63) is 0 Å². The zero-order valence-corrected chi connectivity index (χ0v) is 12.2. The Labute approximate surface area is 122 Å². The number of urea groups is 1. The van der Waals surface area contributed by atoms with Crippen molar-refractivity contribution in [1.82, 2.24) is 15.5 Å². The molecule has 2 N–H and O–H groups in total.